The third-order valence-corrected chi connectivity index (χ3v) is 4.39. The Hall–Kier alpha value is -4.38. The van der Waals surface area contributed by atoms with E-state index in [2.05, 4.69) is 5.10 Å². The number of nitriles is 1. The number of benzene rings is 2. The van der Waals surface area contributed by atoms with Crippen LogP contribution in [-0.4, -0.2) is 34.6 Å². The fraction of sp³-hybridized carbons (Fsp3) is 0.130. The van der Waals surface area contributed by atoms with Crippen LogP contribution in [-0.2, 0) is 0 Å². The van der Waals surface area contributed by atoms with Crippen LogP contribution in [0.2, 0.25) is 0 Å². The number of carboxylic acid groups (broad SMARTS) is 1. The summed E-state index contributed by atoms with van der Waals surface area (Å²) in [5.74, 6) is -0.355. The fourth-order valence-corrected chi connectivity index (χ4v) is 2.96. The van der Waals surface area contributed by atoms with Crippen LogP contribution in [0, 0.1) is 11.3 Å². The first kappa shape index (κ1) is 21.3. The molecule has 3 aromatic rings. The SMILES string of the molecule is CCOc1ccc(/C=C\c2c(C(=O)O)nn(-c3ccccc3OC)c(=O)c2C#N)cc1. The quantitative estimate of drug-likeness (QED) is 0.627. The van der Waals surface area contributed by atoms with Gasteiger partial charge < -0.3 is 14.6 Å². The summed E-state index contributed by atoms with van der Waals surface area (Å²) in [6, 6.07) is 15.4. The number of rotatable bonds is 7. The summed E-state index contributed by atoms with van der Waals surface area (Å²) in [7, 11) is 1.42. The van der Waals surface area contributed by atoms with E-state index in [4.69, 9.17) is 9.47 Å². The second-order valence-corrected chi connectivity index (χ2v) is 6.28. The normalized spacial score (nSPS) is 10.6. The number of nitrogens with zero attached hydrogens (tertiary/aromatic N) is 3. The maximum atomic E-state index is 13.0. The van der Waals surface area contributed by atoms with Crippen molar-refractivity contribution in [2.75, 3.05) is 13.7 Å². The monoisotopic (exact) mass is 417 g/mol. The van der Waals surface area contributed by atoms with Gasteiger partial charge in [0.15, 0.2) is 5.69 Å². The zero-order valence-electron chi connectivity index (χ0n) is 16.9. The first-order chi connectivity index (χ1) is 15.0. The van der Waals surface area contributed by atoms with Crippen LogP contribution in [0.3, 0.4) is 0 Å². The van der Waals surface area contributed by atoms with Gasteiger partial charge >= 0.3 is 5.97 Å². The molecule has 8 nitrogen and oxygen atoms in total. The first-order valence-electron chi connectivity index (χ1n) is 9.35. The molecule has 0 aliphatic heterocycles. The second-order valence-electron chi connectivity index (χ2n) is 6.28. The maximum Gasteiger partial charge on any atom is 0.357 e. The Bertz CT molecular complexity index is 1240. The molecule has 0 saturated carbocycles. The third-order valence-electron chi connectivity index (χ3n) is 4.39. The highest BCUT2D eigenvalue weighted by atomic mass is 16.5. The van der Waals surface area contributed by atoms with Crippen molar-refractivity contribution in [2.45, 2.75) is 6.92 Å². The number of carbonyl (C=O) groups is 1. The van der Waals surface area contributed by atoms with Crippen LogP contribution < -0.4 is 15.0 Å². The van der Waals surface area contributed by atoms with E-state index in [0.717, 1.165) is 10.2 Å². The highest BCUT2D eigenvalue weighted by Gasteiger charge is 2.22. The molecule has 1 N–H and O–H groups in total. The second kappa shape index (κ2) is 9.41. The van der Waals surface area contributed by atoms with Gasteiger partial charge in [0.25, 0.3) is 5.56 Å². The van der Waals surface area contributed by atoms with E-state index >= 15 is 0 Å². The van der Waals surface area contributed by atoms with Crippen LogP contribution >= 0.6 is 0 Å². The summed E-state index contributed by atoms with van der Waals surface area (Å²) in [5, 5.41) is 23.3. The summed E-state index contributed by atoms with van der Waals surface area (Å²) in [6.07, 6.45) is 3.01. The van der Waals surface area contributed by atoms with Gasteiger partial charge in [0.1, 0.15) is 28.8 Å². The van der Waals surface area contributed by atoms with Crippen molar-refractivity contribution < 1.29 is 19.4 Å². The number of hydrogen-bond acceptors (Lipinski definition) is 6. The van der Waals surface area contributed by atoms with Crippen molar-refractivity contribution in [1.82, 2.24) is 9.78 Å². The predicted molar refractivity (Wildman–Crippen MR) is 115 cm³/mol. The molecule has 0 spiro atoms. The molecule has 156 valence electrons. The molecule has 0 aliphatic rings. The van der Waals surface area contributed by atoms with E-state index in [9.17, 15) is 20.0 Å². The lowest BCUT2D eigenvalue weighted by Gasteiger charge is -2.12. The molecule has 0 aliphatic carbocycles. The van der Waals surface area contributed by atoms with E-state index in [-0.39, 0.29) is 16.8 Å². The Morgan fingerprint density at radius 1 is 1.19 bits per heavy atom. The largest absolute Gasteiger partial charge is 0.494 e. The number of methoxy groups -OCH3 is 1. The van der Waals surface area contributed by atoms with Crippen LogP contribution in [0.1, 0.15) is 34.1 Å². The summed E-state index contributed by atoms with van der Waals surface area (Å²) in [6.45, 7) is 2.42. The molecule has 0 radical (unpaired) electrons. The van der Waals surface area contributed by atoms with Gasteiger partial charge in [-0.3, -0.25) is 4.79 Å². The average Bonchev–Trinajstić information content (AvgIpc) is 2.78. The molecule has 0 atom stereocenters. The van der Waals surface area contributed by atoms with Gasteiger partial charge in [-0.2, -0.15) is 15.0 Å². The highest BCUT2D eigenvalue weighted by Crippen LogP contribution is 2.22. The summed E-state index contributed by atoms with van der Waals surface area (Å²) in [4.78, 5) is 24.9. The van der Waals surface area contributed by atoms with Crippen molar-refractivity contribution >= 4 is 18.1 Å². The van der Waals surface area contributed by atoms with E-state index in [0.29, 0.717) is 18.1 Å². The van der Waals surface area contributed by atoms with Gasteiger partial charge in [0.2, 0.25) is 0 Å². The lowest BCUT2D eigenvalue weighted by atomic mass is 10.1. The lowest BCUT2D eigenvalue weighted by Crippen LogP contribution is -2.28. The Balaban J connectivity index is 2.15. The number of para-hydroxylation sites is 2. The van der Waals surface area contributed by atoms with Crippen LogP contribution in [0.25, 0.3) is 17.8 Å². The van der Waals surface area contributed by atoms with Gasteiger partial charge in [-0.05, 0) is 36.8 Å². The minimum Gasteiger partial charge on any atom is -0.494 e. The Labute approximate surface area is 178 Å². The van der Waals surface area contributed by atoms with Gasteiger partial charge in [-0.15, -0.1) is 0 Å². The number of aromatic carboxylic acids is 1. The van der Waals surface area contributed by atoms with Crippen molar-refractivity contribution in [3.8, 4) is 23.3 Å². The van der Waals surface area contributed by atoms with E-state index in [1.165, 1.54) is 13.2 Å². The molecule has 1 aromatic heterocycles. The van der Waals surface area contributed by atoms with E-state index in [1.54, 1.807) is 54.6 Å². The Morgan fingerprint density at radius 3 is 2.52 bits per heavy atom. The molecule has 0 fully saturated rings. The average molecular weight is 417 g/mol. The van der Waals surface area contributed by atoms with Crippen molar-refractivity contribution in [3.63, 3.8) is 0 Å². The van der Waals surface area contributed by atoms with Crippen molar-refractivity contribution in [3.05, 3.63) is 81.3 Å². The summed E-state index contributed by atoms with van der Waals surface area (Å²) in [5.41, 5.74) is -0.609. The maximum absolute atomic E-state index is 13.0. The van der Waals surface area contributed by atoms with Gasteiger partial charge in [-0.1, -0.05) is 36.4 Å². The first-order valence-corrected chi connectivity index (χ1v) is 9.35. The van der Waals surface area contributed by atoms with Crippen LogP contribution in [0.15, 0.2) is 53.3 Å². The lowest BCUT2D eigenvalue weighted by molar-refractivity contribution is 0.0688. The Kier molecular flexibility index (Phi) is 6.48. The van der Waals surface area contributed by atoms with E-state index in [1.807, 2.05) is 13.0 Å². The number of ether oxygens (including phenoxy) is 2. The zero-order valence-corrected chi connectivity index (χ0v) is 16.9. The number of hydrogen-bond donors (Lipinski definition) is 1. The minimum atomic E-state index is -1.37. The molecule has 2 aromatic carbocycles. The summed E-state index contributed by atoms with van der Waals surface area (Å²) < 4.78 is 11.5. The molecule has 8 heteroatoms. The standard InChI is InChI=1S/C23H19N3O5/c1-3-31-16-11-8-15(9-12-16)10-13-17-18(14-24)22(27)26(25-21(17)23(28)29)19-6-4-5-7-20(19)30-2/h4-13H,3H2,1-2H3,(H,28,29)/b13-10-. The van der Waals surface area contributed by atoms with Crippen LogP contribution in [0.4, 0.5) is 0 Å². The molecule has 0 unspecified atom stereocenters. The molecular formula is C23H19N3O5. The third kappa shape index (κ3) is 4.46. The highest BCUT2D eigenvalue weighted by molar-refractivity contribution is 5.92. The van der Waals surface area contributed by atoms with Crippen molar-refractivity contribution in [1.29, 1.82) is 5.26 Å². The van der Waals surface area contributed by atoms with Crippen molar-refractivity contribution in [2.24, 2.45) is 0 Å². The molecule has 0 saturated heterocycles. The minimum absolute atomic E-state index is 0.0694. The molecule has 1 heterocycles. The summed E-state index contributed by atoms with van der Waals surface area (Å²) >= 11 is 0. The topological polar surface area (TPSA) is 114 Å². The van der Waals surface area contributed by atoms with Crippen LogP contribution in [0.5, 0.6) is 11.5 Å². The smallest absolute Gasteiger partial charge is 0.357 e. The molecule has 3 rings (SSSR count). The Morgan fingerprint density at radius 2 is 1.90 bits per heavy atom. The fourth-order valence-electron chi connectivity index (χ4n) is 2.96. The molecular weight excluding hydrogens is 398 g/mol. The predicted octanol–water partition coefficient (Wildman–Crippen LogP) is 3.38. The van der Waals surface area contributed by atoms with Gasteiger partial charge in [-0.25, -0.2) is 4.79 Å². The zero-order chi connectivity index (χ0) is 22.4. The number of aromatic nitrogens is 2. The number of carboxylic acids is 1. The molecule has 31 heavy (non-hydrogen) atoms. The molecule has 0 bridgehead atoms. The molecule has 0 amide bonds. The van der Waals surface area contributed by atoms with Gasteiger partial charge in [0.05, 0.1) is 13.7 Å². The van der Waals surface area contributed by atoms with Gasteiger partial charge in [0, 0.05) is 5.56 Å². The van der Waals surface area contributed by atoms with E-state index < -0.39 is 17.2 Å².